The van der Waals surface area contributed by atoms with Gasteiger partial charge in [-0.05, 0) is 25.7 Å². The molecule has 0 saturated heterocycles. The number of nitrogens with zero attached hydrogens (tertiary/aromatic N) is 2. The number of carbonyl (C=O) groups is 1. The summed E-state index contributed by atoms with van der Waals surface area (Å²) >= 11 is 0. The summed E-state index contributed by atoms with van der Waals surface area (Å²) < 4.78 is 0. The molecule has 0 bridgehead atoms. The highest BCUT2D eigenvalue weighted by Crippen LogP contribution is 2.47. The summed E-state index contributed by atoms with van der Waals surface area (Å²) in [5.41, 5.74) is -0.738. The summed E-state index contributed by atoms with van der Waals surface area (Å²) in [6.45, 7) is 0.372. The maximum absolute atomic E-state index is 12.2. The van der Waals surface area contributed by atoms with Gasteiger partial charge in [-0.15, -0.1) is 0 Å². The molecule has 1 N–H and O–H groups in total. The number of rotatable bonds is 4. The summed E-state index contributed by atoms with van der Waals surface area (Å²) in [7, 11) is 0. The maximum Gasteiger partial charge on any atom is 0.243 e. The van der Waals surface area contributed by atoms with Crippen LogP contribution in [0.5, 0.6) is 0 Å². The van der Waals surface area contributed by atoms with E-state index < -0.39 is 5.41 Å². The number of nitriles is 1. The fourth-order valence-electron chi connectivity index (χ4n) is 2.55. The van der Waals surface area contributed by atoms with E-state index in [-0.39, 0.29) is 18.6 Å². The smallest absolute Gasteiger partial charge is 0.243 e. The van der Waals surface area contributed by atoms with Crippen molar-refractivity contribution in [1.82, 2.24) is 4.90 Å². The van der Waals surface area contributed by atoms with E-state index in [1.54, 1.807) is 4.90 Å². The van der Waals surface area contributed by atoms with Crippen LogP contribution < -0.4 is 0 Å². The van der Waals surface area contributed by atoms with Gasteiger partial charge in [-0.25, -0.2) is 0 Å². The molecule has 0 aromatic heterocycles. The monoisotopic (exact) mass is 222 g/mol. The van der Waals surface area contributed by atoms with Crippen LogP contribution in [-0.4, -0.2) is 35.1 Å². The van der Waals surface area contributed by atoms with Crippen molar-refractivity contribution in [2.24, 2.45) is 5.41 Å². The van der Waals surface area contributed by atoms with Crippen LogP contribution >= 0.6 is 0 Å². The van der Waals surface area contributed by atoms with Gasteiger partial charge in [0.1, 0.15) is 5.41 Å². The number of carbonyl (C=O) groups excluding carboxylic acids is 1. The molecule has 2 aliphatic carbocycles. The Morgan fingerprint density at radius 2 is 2.06 bits per heavy atom. The Morgan fingerprint density at radius 3 is 2.50 bits per heavy atom. The molecule has 2 fully saturated rings. The lowest BCUT2D eigenvalue weighted by Crippen LogP contribution is -2.44. The number of amides is 1. The molecule has 2 aliphatic rings. The summed E-state index contributed by atoms with van der Waals surface area (Å²) in [6.07, 6.45) is 5.73. The minimum atomic E-state index is -0.738. The molecule has 1 amide bonds. The third kappa shape index (κ3) is 1.92. The van der Waals surface area contributed by atoms with Gasteiger partial charge in [-0.2, -0.15) is 5.26 Å². The molecule has 0 aromatic carbocycles. The van der Waals surface area contributed by atoms with E-state index in [0.717, 1.165) is 25.7 Å². The van der Waals surface area contributed by atoms with E-state index in [9.17, 15) is 4.79 Å². The van der Waals surface area contributed by atoms with Gasteiger partial charge < -0.3 is 10.0 Å². The van der Waals surface area contributed by atoms with Gasteiger partial charge in [0.2, 0.25) is 5.91 Å². The molecule has 0 heterocycles. The van der Waals surface area contributed by atoms with Crippen LogP contribution in [0.3, 0.4) is 0 Å². The van der Waals surface area contributed by atoms with E-state index in [4.69, 9.17) is 10.4 Å². The Bertz CT molecular complexity index is 311. The van der Waals surface area contributed by atoms with Crippen LogP contribution in [0.2, 0.25) is 0 Å². The summed E-state index contributed by atoms with van der Waals surface area (Å²) in [5.74, 6) is -0.0454. The SMILES string of the molecule is N#CC1(C(=O)N(CCO)C2CCCC2)CC1. The second kappa shape index (κ2) is 4.42. The van der Waals surface area contributed by atoms with Crippen molar-refractivity contribution in [3.05, 3.63) is 0 Å². The van der Waals surface area contributed by atoms with Gasteiger partial charge in [0.05, 0.1) is 12.7 Å². The molecule has 88 valence electrons. The highest BCUT2D eigenvalue weighted by atomic mass is 16.3. The normalized spacial score (nSPS) is 22.8. The predicted molar refractivity (Wildman–Crippen MR) is 58.3 cm³/mol. The maximum atomic E-state index is 12.2. The molecule has 2 rings (SSSR count). The fraction of sp³-hybridized carbons (Fsp3) is 0.833. The molecule has 2 saturated carbocycles. The topological polar surface area (TPSA) is 64.3 Å². The third-order valence-corrected chi connectivity index (χ3v) is 3.74. The van der Waals surface area contributed by atoms with E-state index in [0.29, 0.717) is 19.4 Å². The van der Waals surface area contributed by atoms with Gasteiger partial charge in [-0.1, -0.05) is 12.8 Å². The van der Waals surface area contributed by atoms with Gasteiger partial charge in [-0.3, -0.25) is 4.79 Å². The lowest BCUT2D eigenvalue weighted by Gasteiger charge is -2.30. The minimum Gasteiger partial charge on any atom is -0.395 e. The average molecular weight is 222 g/mol. The van der Waals surface area contributed by atoms with E-state index in [1.165, 1.54) is 0 Å². The molecule has 0 radical (unpaired) electrons. The van der Waals surface area contributed by atoms with Crippen LogP contribution in [-0.2, 0) is 4.79 Å². The van der Waals surface area contributed by atoms with Gasteiger partial charge in [0.15, 0.2) is 0 Å². The fourth-order valence-corrected chi connectivity index (χ4v) is 2.55. The Hall–Kier alpha value is -1.08. The first-order valence-corrected chi connectivity index (χ1v) is 6.07. The Morgan fingerprint density at radius 1 is 1.44 bits per heavy atom. The highest BCUT2D eigenvalue weighted by molar-refractivity contribution is 5.88. The van der Waals surface area contributed by atoms with Gasteiger partial charge in [0, 0.05) is 12.6 Å². The third-order valence-electron chi connectivity index (χ3n) is 3.74. The predicted octanol–water partition coefficient (Wildman–Crippen LogP) is 1.05. The van der Waals surface area contributed by atoms with E-state index in [1.807, 2.05) is 0 Å². The molecule has 4 heteroatoms. The zero-order chi connectivity index (χ0) is 11.6. The Kier molecular flexibility index (Phi) is 3.15. The molecule has 4 nitrogen and oxygen atoms in total. The zero-order valence-electron chi connectivity index (χ0n) is 9.48. The van der Waals surface area contributed by atoms with Crippen LogP contribution in [0.1, 0.15) is 38.5 Å². The van der Waals surface area contributed by atoms with Crippen LogP contribution in [0.4, 0.5) is 0 Å². The van der Waals surface area contributed by atoms with Crippen LogP contribution in [0, 0.1) is 16.7 Å². The second-order valence-corrected chi connectivity index (χ2v) is 4.85. The summed E-state index contributed by atoms with van der Waals surface area (Å²) in [4.78, 5) is 14.0. The molecule has 0 aromatic rings. The average Bonchev–Trinajstić information content (AvgIpc) is 2.93. The number of hydrogen-bond donors (Lipinski definition) is 1. The summed E-state index contributed by atoms with van der Waals surface area (Å²) in [5, 5.41) is 18.1. The number of hydrogen-bond acceptors (Lipinski definition) is 3. The molecular formula is C12H18N2O2. The Labute approximate surface area is 95.9 Å². The zero-order valence-corrected chi connectivity index (χ0v) is 9.48. The second-order valence-electron chi connectivity index (χ2n) is 4.85. The lowest BCUT2D eigenvalue weighted by molar-refractivity contribution is -0.137. The van der Waals surface area contributed by atoms with Crippen molar-refractivity contribution in [1.29, 1.82) is 5.26 Å². The molecule has 0 spiro atoms. The van der Waals surface area contributed by atoms with Gasteiger partial charge >= 0.3 is 0 Å². The first kappa shape index (κ1) is 11.4. The van der Waals surface area contributed by atoms with Crippen molar-refractivity contribution in [3.63, 3.8) is 0 Å². The number of aliphatic hydroxyl groups is 1. The standard InChI is InChI=1S/C12H18N2O2/c13-9-12(5-6-12)11(16)14(7-8-15)10-3-1-2-4-10/h10,15H,1-8H2. The number of aliphatic hydroxyl groups excluding tert-OH is 1. The van der Waals surface area contributed by atoms with Crippen molar-refractivity contribution < 1.29 is 9.90 Å². The van der Waals surface area contributed by atoms with Crippen LogP contribution in [0.25, 0.3) is 0 Å². The van der Waals surface area contributed by atoms with Crippen LogP contribution in [0.15, 0.2) is 0 Å². The highest BCUT2D eigenvalue weighted by Gasteiger charge is 2.53. The van der Waals surface area contributed by atoms with Crippen molar-refractivity contribution in [2.75, 3.05) is 13.2 Å². The van der Waals surface area contributed by atoms with Crippen molar-refractivity contribution >= 4 is 5.91 Å². The molecule has 16 heavy (non-hydrogen) atoms. The first-order chi connectivity index (χ1) is 7.73. The minimum absolute atomic E-state index is 0.0102. The molecule has 0 atom stereocenters. The first-order valence-electron chi connectivity index (χ1n) is 6.07. The quantitative estimate of drug-likeness (QED) is 0.773. The van der Waals surface area contributed by atoms with Crippen molar-refractivity contribution in [3.8, 4) is 6.07 Å². The molecular weight excluding hydrogens is 204 g/mol. The Balaban J connectivity index is 2.07. The van der Waals surface area contributed by atoms with E-state index >= 15 is 0 Å². The summed E-state index contributed by atoms with van der Waals surface area (Å²) in [6, 6.07) is 2.40. The van der Waals surface area contributed by atoms with Gasteiger partial charge in [0.25, 0.3) is 0 Å². The largest absolute Gasteiger partial charge is 0.395 e. The van der Waals surface area contributed by atoms with Crippen molar-refractivity contribution in [2.45, 2.75) is 44.6 Å². The molecule has 0 unspecified atom stereocenters. The van der Waals surface area contributed by atoms with E-state index in [2.05, 4.69) is 6.07 Å². The lowest BCUT2D eigenvalue weighted by atomic mass is 10.1. The molecule has 0 aliphatic heterocycles.